The number of nitrogens with one attached hydrogen (secondary N) is 2. The van der Waals surface area contributed by atoms with Crippen LogP contribution in [0.15, 0.2) is 17.4 Å². The van der Waals surface area contributed by atoms with Crippen LogP contribution in [0.2, 0.25) is 0 Å². The second-order valence-corrected chi connectivity index (χ2v) is 5.32. The molecule has 3 heterocycles. The molecule has 7 nitrogen and oxygen atoms in total. The molecule has 1 aliphatic rings. The number of carbonyl (C=O) groups is 1. The quantitative estimate of drug-likeness (QED) is 0.856. The lowest BCUT2D eigenvalue weighted by Gasteiger charge is -2.26. The van der Waals surface area contributed by atoms with E-state index in [1.165, 1.54) is 0 Å². The third-order valence-electron chi connectivity index (χ3n) is 2.99. The van der Waals surface area contributed by atoms with E-state index < -0.39 is 0 Å². The Hall–Kier alpha value is -1.96. The van der Waals surface area contributed by atoms with Crippen LogP contribution in [0.25, 0.3) is 11.2 Å². The summed E-state index contributed by atoms with van der Waals surface area (Å²) in [5, 5.41) is 5.78. The van der Waals surface area contributed by atoms with E-state index in [4.69, 9.17) is 0 Å². The molecule has 0 unspecified atom stereocenters. The molecule has 2 aromatic rings. The number of aryl methyl sites for hydroxylation is 1. The maximum Gasteiger partial charge on any atom is 0.258 e. The molecule has 0 saturated heterocycles. The molecule has 0 aromatic carbocycles. The topological polar surface area (TPSA) is 78.8 Å². The summed E-state index contributed by atoms with van der Waals surface area (Å²) in [6.45, 7) is 0.819. The van der Waals surface area contributed by atoms with Crippen molar-refractivity contribution in [1.29, 1.82) is 0 Å². The van der Waals surface area contributed by atoms with E-state index in [0.717, 1.165) is 29.3 Å². The molecule has 3 rings (SSSR count). The number of fused-ring (bicyclic) bond motifs is 1. The number of thioether (sulfide) groups is 1. The number of anilines is 1. The van der Waals surface area contributed by atoms with E-state index in [-0.39, 0.29) is 8.76 Å². The maximum absolute atomic E-state index is 11.7. The summed E-state index contributed by atoms with van der Waals surface area (Å²) < 4.78 is 1.84. The minimum atomic E-state index is -0.0623. The fourth-order valence-electron chi connectivity index (χ4n) is 2.02. The molecule has 0 saturated carbocycles. The van der Waals surface area contributed by atoms with Crippen molar-refractivity contribution >= 4 is 34.7 Å². The van der Waals surface area contributed by atoms with Gasteiger partial charge in [0.25, 0.3) is 5.91 Å². The number of H-pyrrole nitrogens is 1. The van der Waals surface area contributed by atoms with Crippen LogP contribution in [0.1, 0.15) is 2.85 Å². The molecule has 104 valence electrons. The first-order chi connectivity index (χ1) is 9.20. The van der Waals surface area contributed by atoms with Gasteiger partial charge in [0, 0.05) is 35.4 Å². The average molecular weight is 282 g/mol. The van der Waals surface area contributed by atoms with Gasteiger partial charge in [0.15, 0.2) is 11.5 Å². The molecule has 0 fully saturated rings. The predicted molar refractivity (Wildman–Crippen MR) is 79.0 cm³/mol. The number of carbonyl (C=O) groups excluding carboxylic acids is 1. The van der Waals surface area contributed by atoms with E-state index in [2.05, 4.69) is 20.4 Å². The average Bonchev–Trinajstić information content (AvgIpc) is 2.45. The zero-order chi connectivity index (χ0) is 13.4. The standard InChI is InChI=1S/C11H14N6OS.2H2/c1-12-11(18)7-5-17(3-4-19-7)10-8-9(13-6-14-10)16(2)15-8;;/h5-6,15H,3-4H2,1-2H3,(H,12,18);2*1H. The lowest BCUT2D eigenvalue weighted by Crippen LogP contribution is -2.30. The lowest BCUT2D eigenvalue weighted by atomic mass is 10.4. The molecule has 8 heteroatoms. The van der Waals surface area contributed by atoms with Gasteiger partial charge < -0.3 is 10.2 Å². The van der Waals surface area contributed by atoms with Crippen molar-refractivity contribution < 1.29 is 7.65 Å². The van der Waals surface area contributed by atoms with Crippen LogP contribution in [0.4, 0.5) is 5.82 Å². The van der Waals surface area contributed by atoms with Crippen LogP contribution < -0.4 is 10.2 Å². The number of amides is 1. The summed E-state index contributed by atoms with van der Waals surface area (Å²) in [5.41, 5.74) is 1.78. The van der Waals surface area contributed by atoms with Crippen LogP contribution >= 0.6 is 11.8 Å². The summed E-state index contributed by atoms with van der Waals surface area (Å²) in [6, 6.07) is 0. The van der Waals surface area contributed by atoms with Crippen molar-refractivity contribution in [2.75, 3.05) is 24.2 Å². The second-order valence-electron chi connectivity index (χ2n) is 4.18. The number of hydrogen-bond acceptors (Lipinski definition) is 5. The normalized spacial score (nSPS) is 15.7. The Kier molecular flexibility index (Phi) is 2.94. The highest BCUT2D eigenvalue weighted by atomic mass is 32.2. The molecule has 0 radical (unpaired) electrons. The SMILES string of the molecule is CNC(=O)C1=CN(c2ncnc3c2[nH]n3C)CCS1.[HH].[HH]. The summed E-state index contributed by atoms with van der Waals surface area (Å²) in [6.07, 6.45) is 3.39. The van der Waals surface area contributed by atoms with Crippen molar-refractivity contribution in [3.63, 3.8) is 0 Å². The third kappa shape index (κ3) is 1.97. The largest absolute Gasteiger partial charge is 0.355 e. The minimum absolute atomic E-state index is 0. The Bertz CT molecular complexity index is 667. The van der Waals surface area contributed by atoms with Gasteiger partial charge in [-0.2, -0.15) is 0 Å². The van der Waals surface area contributed by atoms with Crippen molar-refractivity contribution in [1.82, 2.24) is 25.1 Å². The molecule has 2 aromatic heterocycles. The zero-order valence-corrected chi connectivity index (χ0v) is 11.5. The highest BCUT2D eigenvalue weighted by Crippen LogP contribution is 2.28. The first kappa shape index (κ1) is 12.1. The smallest absolute Gasteiger partial charge is 0.258 e. The number of aromatic nitrogens is 4. The van der Waals surface area contributed by atoms with Crippen molar-refractivity contribution in [2.45, 2.75) is 0 Å². The highest BCUT2D eigenvalue weighted by molar-refractivity contribution is 8.04. The fraction of sp³-hybridized carbons (Fsp3) is 0.364. The van der Waals surface area contributed by atoms with E-state index >= 15 is 0 Å². The number of rotatable bonds is 2. The van der Waals surface area contributed by atoms with Gasteiger partial charge in [-0.3, -0.25) is 14.6 Å². The second kappa shape index (κ2) is 4.61. The van der Waals surface area contributed by atoms with Gasteiger partial charge in [0.05, 0.1) is 4.91 Å². The van der Waals surface area contributed by atoms with Gasteiger partial charge in [-0.05, 0) is 0 Å². The fourth-order valence-corrected chi connectivity index (χ4v) is 2.96. The van der Waals surface area contributed by atoms with E-state index in [0.29, 0.717) is 4.91 Å². The number of likely N-dealkylation sites (N-methyl/N-ethyl adjacent to an activating group) is 1. The Morgan fingerprint density at radius 3 is 3.16 bits per heavy atom. The van der Waals surface area contributed by atoms with Crippen molar-refractivity contribution in [3.05, 3.63) is 17.4 Å². The highest BCUT2D eigenvalue weighted by Gasteiger charge is 2.21. The van der Waals surface area contributed by atoms with Gasteiger partial charge in [-0.25, -0.2) is 9.97 Å². The molecule has 19 heavy (non-hydrogen) atoms. The monoisotopic (exact) mass is 282 g/mol. The number of nitrogens with zero attached hydrogens (tertiary/aromatic N) is 4. The van der Waals surface area contributed by atoms with E-state index in [9.17, 15) is 4.79 Å². The van der Waals surface area contributed by atoms with Gasteiger partial charge in [0.1, 0.15) is 11.8 Å². The molecule has 0 aliphatic carbocycles. The van der Waals surface area contributed by atoms with Crippen LogP contribution in [0, 0.1) is 0 Å². The summed E-state index contributed by atoms with van der Waals surface area (Å²) in [4.78, 5) is 22.9. The third-order valence-corrected chi connectivity index (χ3v) is 3.98. The molecule has 0 bridgehead atoms. The van der Waals surface area contributed by atoms with Crippen molar-refractivity contribution in [2.24, 2.45) is 7.05 Å². The van der Waals surface area contributed by atoms with Crippen molar-refractivity contribution in [3.8, 4) is 0 Å². The Balaban J connectivity index is 0.00000110. The molecule has 0 atom stereocenters. The molecule has 1 aliphatic heterocycles. The molecule has 1 amide bonds. The summed E-state index contributed by atoms with van der Waals surface area (Å²) in [5.74, 6) is 1.60. The van der Waals surface area contributed by atoms with Gasteiger partial charge in [-0.15, -0.1) is 11.8 Å². The molecule has 2 N–H and O–H groups in total. The number of hydrogen-bond donors (Lipinski definition) is 2. The first-order valence-corrected chi connectivity index (χ1v) is 6.88. The summed E-state index contributed by atoms with van der Waals surface area (Å²) >= 11 is 1.56. The van der Waals surface area contributed by atoms with Gasteiger partial charge in [0.2, 0.25) is 0 Å². The number of aromatic amines is 1. The van der Waals surface area contributed by atoms with Crippen LogP contribution in [0.5, 0.6) is 0 Å². The predicted octanol–water partition coefficient (Wildman–Crippen LogP) is 0.929. The van der Waals surface area contributed by atoms with Gasteiger partial charge >= 0.3 is 0 Å². The molecular formula is C11H18N6OS. The Morgan fingerprint density at radius 2 is 2.42 bits per heavy atom. The van der Waals surface area contributed by atoms with Crippen LogP contribution in [-0.4, -0.2) is 45.0 Å². The minimum Gasteiger partial charge on any atom is -0.355 e. The summed E-state index contributed by atoms with van der Waals surface area (Å²) in [7, 11) is 3.54. The Morgan fingerprint density at radius 1 is 1.58 bits per heavy atom. The van der Waals surface area contributed by atoms with Gasteiger partial charge in [-0.1, -0.05) is 0 Å². The molecular weight excluding hydrogens is 264 g/mol. The Labute approximate surface area is 117 Å². The van der Waals surface area contributed by atoms with E-state index in [1.807, 2.05) is 22.8 Å². The van der Waals surface area contributed by atoms with E-state index in [1.54, 1.807) is 25.1 Å². The van der Waals surface area contributed by atoms with Crippen LogP contribution in [-0.2, 0) is 11.8 Å². The lowest BCUT2D eigenvalue weighted by molar-refractivity contribution is -0.116. The first-order valence-electron chi connectivity index (χ1n) is 5.89. The zero-order valence-electron chi connectivity index (χ0n) is 10.7. The van der Waals surface area contributed by atoms with Crippen LogP contribution in [0.3, 0.4) is 0 Å². The molecule has 0 spiro atoms. The maximum atomic E-state index is 11.7.